The van der Waals surface area contributed by atoms with Gasteiger partial charge in [-0.1, -0.05) is 48.5 Å². The van der Waals surface area contributed by atoms with Crippen LogP contribution in [0.3, 0.4) is 0 Å². The maximum atomic E-state index is 13.7. The molecular formula is C27H35N3O4. The van der Waals surface area contributed by atoms with Gasteiger partial charge in [0.2, 0.25) is 5.91 Å². The molecule has 0 radical (unpaired) electrons. The van der Waals surface area contributed by atoms with E-state index in [4.69, 9.17) is 4.74 Å². The highest BCUT2D eigenvalue weighted by Crippen LogP contribution is 2.36. The highest BCUT2D eigenvalue weighted by Gasteiger charge is 2.43. The van der Waals surface area contributed by atoms with Gasteiger partial charge in [0.15, 0.2) is 0 Å². The lowest BCUT2D eigenvalue weighted by molar-refractivity contribution is -0.141. The van der Waals surface area contributed by atoms with Crippen LogP contribution in [0.5, 0.6) is 0 Å². The summed E-state index contributed by atoms with van der Waals surface area (Å²) in [6, 6.07) is 13.4. The minimum absolute atomic E-state index is 0.0655. The van der Waals surface area contributed by atoms with Crippen molar-refractivity contribution in [3.63, 3.8) is 0 Å². The van der Waals surface area contributed by atoms with Gasteiger partial charge in [0.05, 0.1) is 0 Å². The number of benzene rings is 2. The second-order valence-electron chi connectivity index (χ2n) is 9.91. The Balaban J connectivity index is 1.91. The molecule has 0 bridgehead atoms. The molecule has 1 fully saturated rings. The fourth-order valence-electron chi connectivity index (χ4n) is 3.92. The van der Waals surface area contributed by atoms with E-state index < -0.39 is 23.8 Å². The van der Waals surface area contributed by atoms with Crippen LogP contribution in [-0.4, -0.2) is 40.5 Å². The third-order valence-corrected chi connectivity index (χ3v) is 5.67. The Hall–Kier alpha value is -3.35. The zero-order valence-corrected chi connectivity index (χ0v) is 20.8. The molecule has 0 heterocycles. The van der Waals surface area contributed by atoms with Gasteiger partial charge < -0.3 is 20.3 Å². The summed E-state index contributed by atoms with van der Waals surface area (Å²) < 4.78 is 5.31. The van der Waals surface area contributed by atoms with E-state index in [1.54, 1.807) is 32.6 Å². The predicted octanol–water partition coefficient (Wildman–Crippen LogP) is 4.89. The summed E-state index contributed by atoms with van der Waals surface area (Å²) in [5.41, 5.74) is 2.68. The molecule has 2 unspecified atom stereocenters. The molecule has 1 aliphatic carbocycles. The van der Waals surface area contributed by atoms with Crippen LogP contribution in [0.15, 0.2) is 48.5 Å². The topological polar surface area (TPSA) is 87.7 Å². The van der Waals surface area contributed by atoms with Crippen molar-refractivity contribution in [3.8, 4) is 0 Å². The van der Waals surface area contributed by atoms with E-state index in [1.165, 1.54) is 0 Å². The van der Waals surface area contributed by atoms with Crippen molar-refractivity contribution in [2.75, 3.05) is 5.32 Å². The van der Waals surface area contributed by atoms with Crippen LogP contribution >= 0.6 is 0 Å². The lowest BCUT2D eigenvalue weighted by atomic mass is 10.0. The largest absolute Gasteiger partial charge is 0.444 e. The number of carbonyl (C=O) groups excluding carboxylic acids is 3. The van der Waals surface area contributed by atoms with Crippen molar-refractivity contribution >= 4 is 23.6 Å². The van der Waals surface area contributed by atoms with Crippen LogP contribution in [0.25, 0.3) is 0 Å². The summed E-state index contributed by atoms with van der Waals surface area (Å²) in [5.74, 6) is -0.604. The number of rotatable bonds is 7. The quantitative estimate of drug-likeness (QED) is 0.610. The first-order valence-electron chi connectivity index (χ1n) is 11.7. The number of hydrogen-bond donors (Lipinski definition) is 2. The van der Waals surface area contributed by atoms with Crippen LogP contribution < -0.4 is 10.6 Å². The zero-order valence-electron chi connectivity index (χ0n) is 20.8. The van der Waals surface area contributed by atoms with E-state index in [2.05, 4.69) is 10.6 Å². The van der Waals surface area contributed by atoms with Gasteiger partial charge in [0.1, 0.15) is 17.7 Å². The number of aryl methyl sites for hydroxylation is 2. The van der Waals surface area contributed by atoms with Crippen molar-refractivity contribution in [1.82, 2.24) is 10.2 Å². The molecule has 182 valence electrons. The SMILES string of the molecule is Cc1cccc(C)c1NC(=O)C(c1ccccc1)N(C(=O)C(C)NC(=O)OC(C)(C)C)C1CC1. The van der Waals surface area contributed by atoms with Crippen molar-refractivity contribution < 1.29 is 19.1 Å². The number of nitrogens with one attached hydrogen (secondary N) is 2. The summed E-state index contributed by atoms with van der Waals surface area (Å²) in [4.78, 5) is 41.2. The number of nitrogens with zero attached hydrogens (tertiary/aromatic N) is 1. The molecule has 0 aliphatic heterocycles. The molecule has 3 rings (SSSR count). The number of carbonyl (C=O) groups is 3. The molecule has 0 spiro atoms. The molecule has 7 heteroatoms. The van der Waals surface area contributed by atoms with Gasteiger partial charge >= 0.3 is 6.09 Å². The highest BCUT2D eigenvalue weighted by molar-refractivity contribution is 6.00. The third-order valence-electron chi connectivity index (χ3n) is 5.67. The van der Waals surface area contributed by atoms with E-state index in [9.17, 15) is 14.4 Å². The van der Waals surface area contributed by atoms with Crippen molar-refractivity contribution in [3.05, 3.63) is 65.2 Å². The molecule has 3 amide bonds. The smallest absolute Gasteiger partial charge is 0.408 e. The number of ether oxygens (including phenoxy) is 1. The van der Waals surface area contributed by atoms with Crippen molar-refractivity contribution in [2.45, 2.75) is 78.1 Å². The second kappa shape index (κ2) is 10.3. The lowest BCUT2D eigenvalue weighted by Crippen LogP contribution is -2.52. The number of alkyl carbamates (subject to hydrolysis) is 1. The van der Waals surface area contributed by atoms with E-state index in [1.807, 2.05) is 62.4 Å². The maximum absolute atomic E-state index is 13.7. The first-order valence-corrected chi connectivity index (χ1v) is 11.7. The molecular weight excluding hydrogens is 430 g/mol. The van der Waals surface area contributed by atoms with Gasteiger partial charge in [-0.25, -0.2) is 4.79 Å². The fourth-order valence-corrected chi connectivity index (χ4v) is 3.92. The summed E-state index contributed by atoms with van der Waals surface area (Å²) in [6.45, 7) is 10.8. The first-order chi connectivity index (χ1) is 16.0. The molecule has 7 nitrogen and oxygen atoms in total. The van der Waals surface area contributed by atoms with Gasteiger partial charge in [-0.05, 0) is 71.1 Å². The number of hydrogen-bond acceptors (Lipinski definition) is 4. The number of anilines is 1. The molecule has 2 aromatic carbocycles. The normalized spacial score (nSPS) is 15.1. The third kappa shape index (κ3) is 6.37. The lowest BCUT2D eigenvalue weighted by Gasteiger charge is -2.34. The highest BCUT2D eigenvalue weighted by atomic mass is 16.6. The fraction of sp³-hybridized carbons (Fsp3) is 0.444. The van der Waals surface area contributed by atoms with Gasteiger partial charge in [-0.2, -0.15) is 0 Å². The Morgan fingerprint density at radius 1 is 0.971 bits per heavy atom. The number of para-hydroxylation sites is 1. The zero-order chi connectivity index (χ0) is 25.0. The Kier molecular flexibility index (Phi) is 7.64. The monoisotopic (exact) mass is 465 g/mol. The first kappa shape index (κ1) is 25.3. The minimum Gasteiger partial charge on any atom is -0.444 e. The summed E-state index contributed by atoms with van der Waals surface area (Å²) in [6.07, 6.45) is 0.954. The molecule has 34 heavy (non-hydrogen) atoms. The van der Waals surface area contributed by atoms with E-state index in [0.717, 1.165) is 35.2 Å². The summed E-state index contributed by atoms with van der Waals surface area (Å²) >= 11 is 0. The average Bonchev–Trinajstić information content (AvgIpc) is 3.58. The predicted molar refractivity (Wildman–Crippen MR) is 132 cm³/mol. The Bertz CT molecular complexity index is 1020. The maximum Gasteiger partial charge on any atom is 0.408 e. The van der Waals surface area contributed by atoms with Gasteiger partial charge in [0.25, 0.3) is 5.91 Å². The average molecular weight is 466 g/mol. The van der Waals surface area contributed by atoms with Crippen LogP contribution in [0.1, 0.15) is 63.3 Å². The molecule has 0 saturated heterocycles. The van der Waals surface area contributed by atoms with Crippen molar-refractivity contribution in [2.24, 2.45) is 0 Å². The Morgan fingerprint density at radius 3 is 2.09 bits per heavy atom. The van der Waals surface area contributed by atoms with E-state index in [0.29, 0.717) is 0 Å². The minimum atomic E-state index is -0.852. The van der Waals surface area contributed by atoms with E-state index >= 15 is 0 Å². The van der Waals surface area contributed by atoms with E-state index in [-0.39, 0.29) is 17.9 Å². The molecule has 0 aromatic heterocycles. The summed E-state index contributed by atoms with van der Waals surface area (Å²) in [5, 5.41) is 5.69. The van der Waals surface area contributed by atoms with Crippen LogP contribution in [0.2, 0.25) is 0 Å². The molecule has 2 N–H and O–H groups in total. The Morgan fingerprint density at radius 2 is 1.56 bits per heavy atom. The van der Waals surface area contributed by atoms with Crippen molar-refractivity contribution in [1.29, 1.82) is 0 Å². The number of amides is 3. The second-order valence-corrected chi connectivity index (χ2v) is 9.91. The molecule has 1 aliphatic rings. The van der Waals surface area contributed by atoms with Gasteiger partial charge in [-0.15, -0.1) is 0 Å². The van der Waals surface area contributed by atoms with Crippen LogP contribution in [0, 0.1) is 13.8 Å². The molecule has 2 aromatic rings. The van der Waals surface area contributed by atoms with Crippen LogP contribution in [-0.2, 0) is 14.3 Å². The summed E-state index contributed by atoms with van der Waals surface area (Å²) in [7, 11) is 0. The van der Waals surface area contributed by atoms with Crippen LogP contribution in [0.4, 0.5) is 10.5 Å². The molecule has 2 atom stereocenters. The standard InChI is InChI=1S/C27H35N3O4/c1-17-11-10-12-18(2)22(17)29-24(31)23(20-13-8-7-9-14-20)30(21-15-16-21)25(32)19(3)28-26(33)34-27(4,5)6/h7-14,19,21,23H,15-16H2,1-6H3,(H,28,33)(H,29,31). The molecule has 1 saturated carbocycles. The van der Waals surface area contributed by atoms with Gasteiger partial charge in [0, 0.05) is 11.7 Å². The Labute approximate surface area is 201 Å². The van der Waals surface area contributed by atoms with Gasteiger partial charge in [-0.3, -0.25) is 9.59 Å².